The second-order valence-electron chi connectivity index (χ2n) is 7.01. The lowest BCUT2D eigenvalue weighted by Gasteiger charge is -2.21. The molecule has 136 valence electrons. The van der Waals surface area contributed by atoms with Gasteiger partial charge in [-0.15, -0.1) is 0 Å². The molecule has 0 bridgehead atoms. The molecular formula is C19H26FN3O2. The van der Waals surface area contributed by atoms with Crippen LogP contribution < -0.4 is 5.32 Å². The van der Waals surface area contributed by atoms with Gasteiger partial charge < -0.3 is 15.1 Å². The van der Waals surface area contributed by atoms with E-state index in [2.05, 4.69) is 5.32 Å². The fraction of sp³-hybridized carbons (Fsp3) is 0.579. The Morgan fingerprint density at radius 1 is 1.04 bits per heavy atom. The van der Waals surface area contributed by atoms with Crippen molar-refractivity contribution in [2.75, 3.05) is 19.6 Å². The number of carbonyl (C=O) groups is 2. The van der Waals surface area contributed by atoms with Crippen LogP contribution in [0.4, 0.5) is 9.18 Å². The molecule has 1 N–H and O–H groups in total. The monoisotopic (exact) mass is 347 g/mol. The molecule has 25 heavy (non-hydrogen) atoms. The Bertz CT molecular complexity index is 597. The standard InChI is InChI=1S/C19H26FN3O2/c20-16-9-7-15(8-10-16)13-22-11-12-23(19(22)25)14-18(24)21-17-5-3-1-2-4-6-17/h7-10,17H,1-6,11-14H2,(H,21,24). The van der Waals surface area contributed by atoms with Gasteiger partial charge in [-0.2, -0.15) is 0 Å². The second-order valence-corrected chi connectivity index (χ2v) is 7.01. The summed E-state index contributed by atoms with van der Waals surface area (Å²) in [4.78, 5) is 28.0. The zero-order valence-electron chi connectivity index (χ0n) is 14.5. The quantitative estimate of drug-likeness (QED) is 0.833. The van der Waals surface area contributed by atoms with Crippen LogP contribution in [-0.4, -0.2) is 47.4 Å². The van der Waals surface area contributed by atoms with E-state index in [0.29, 0.717) is 19.6 Å². The van der Waals surface area contributed by atoms with Gasteiger partial charge in [0.15, 0.2) is 0 Å². The number of benzene rings is 1. The van der Waals surface area contributed by atoms with Crippen LogP contribution in [0.2, 0.25) is 0 Å². The van der Waals surface area contributed by atoms with Crippen LogP contribution in [0.25, 0.3) is 0 Å². The molecule has 2 fully saturated rings. The van der Waals surface area contributed by atoms with E-state index in [-0.39, 0.29) is 30.3 Å². The van der Waals surface area contributed by atoms with E-state index < -0.39 is 0 Å². The summed E-state index contributed by atoms with van der Waals surface area (Å²) in [6.07, 6.45) is 6.90. The average molecular weight is 347 g/mol. The van der Waals surface area contributed by atoms with Gasteiger partial charge in [-0.1, -0.05) is 37.8 Å². The number of halogens is 1. The molecule has 6 heteroatoms. The second kappa shape index (κ2) is 8.32. The van der Waals surface area contributed by atoms with Crippen molar-refractivity contribution in [1.29, 1.82) is 0 Å². The molecule has 0 atom stereocenters. The fourth-order valence-corrected chi connectivity index (χ4v) is 3.61. The Labute approximate surface area is 148 Å². The van der Waals surface area contributed by atoms with Gasteiger partial charge >= 0.3 is 6.03 Å². The predicted octanol–water partition coefficient (Wildman–Crippen LogP) is 2.90. The first-order valence-electron chi connectivity index (χ1n) is 9.19. The van der Waals surface area contributed by atoms with Crippen LogP contribution in [0.15, 0.2) is 24.3 Å². The van der Waals surface area contributed by atoms with Gasteiger partial charge in [0.05, 0.1) is 0 Å². The minimum absolute atomic E-state index is 0.0658. The third-order valence-electron chi connectivity index (χ3n) is 5.02. The first kappa shape index (κ1) is 17.7. The first-order chi connectivity index (χ1) is 12.1. The summed E-state index contributed by atoms with van der Waals surface area (Å²) >= 11 is 0. The molecule has 1 aromatic carbocycles. The summed E-state index contributed by atoms with van der Waals surface area (Å²) in [5, 5.41) is 3.08. The van der Waals surface area contributed by atoms with Crippen LogP contribution in [0, 0.1) is 5.82 Å². The van der Waals surface area contributed by atoms with Crippen LogP contribution >= 0.6 is 0 Å². The van der Waals surface area contributed by atoms with Gasteiger partial charge in [0, 0.05) is 25.7 Å². The van der Waals surface area contributed by atoms with E-state index in [4.69, 9.17) is 0 Å². The minimum atomic E-state index is -0.284. The molecule has 1 aliphatic carbocycles. The predicted molar refractivity (Wildman–Crippen MR) is 93.4 cm³/mol. The van der Waals surface area contributed by atoms with Crippen molar-refractivity contribution in [2.24, 2.45) is 0 Å². The maximum atomic E-state index is 13.0. The van der Waals surface area contributed by atoms with Crippen LogP contribution in [0.3, 0.4) is 0 Å². The molecular weight excluding hydrogens is 321 g/mol. The summed E-state index contributed by atoms with van der Waals surface area (Å²) in [6, 6.07) is 6.29. The topological polar surface area (TPSA) is 52.7 Å². The van der Waals surface area contributed by atoms with E-state index in [0.717, 1.165) is 18.4 Å². The Hall–Kier alpha value is -2.11. The number of nitrogens with one attached hydrogen (secondary N) is 1. The molecule has 3 rings (SSSR count). The summed E-state index contributed by atoms with van der Waals surface area (Å²) in [6.45, 7) is 1.71. The third-order valence-corrected chi connectivity index (χ3v) is 5.02. The van der Waals surface area contributed by atoms with E-state index >= 15 is 0 Å². The summed E-state index contributed by atoms with van der Waals surface area (Å²) in [7, 11) is 0. The Morgan fingerprint density at radius 2 is 1.68 bits per heavy atom. The van der Waals surface area contributed by atoms with Crippen molar-refractivity contribution < 1.29 is 14.0 Å². The molecule has 1 saturated heterocycles. The van der Waals surface area contributed by atoms with E-state index in [1.165, 1.54) is 37.8 Å². The highest BCUT2D eigenvalue weighted by Crippen LogP contribution is 2.18. The van der Waals surface area contributed by atoms with Gasteiger partial charge in [-0.05, 0) is 30.5 Å². The van der Waals surface area contributed by atoms with Crippen molar-refractivity contribution in [1.82, 2.24) is 15.1 Å². The number of nitrogens with zero attached hydrogens (tertiary/aromatic N) is 2. The first-order valence-corrected chi connectivity index (χ1v) is 9.19. The third kappa shape index (κ3) is 4.94. The van der Waals surface area contributed by atoms with E-state index in [1.807, 2.05) is 0 Å². The van der Waals surface area contributed by atoms with Crippen LogP contribution in [-0.2, 0) is 11.3 Å². The van der Waals surface area contributed by atoms with Crippen molar-refractivity contribution >= 4 is 11.9 Å². The molecule has 1 saturated carbocycles. The highest BCUT2D eigenvalue weighted by molar-refractivity contribution is 5.85. The lowest BCUT2D eigenvalue weighted by Crippen LogP contribution is -2.43. The van der Waals surface area contributed by atoms with Crippen molar-refractivity contribution in [3.05, 3.63) is 35.6 Å². The van der Waals surface area contributed by atoms with Crippen LogP contribution in [0.5, 0.6) is 0 Å². The zero-order valence-corrected chi connectivity index (χ0v) is 14.5. The zero-order chi connectivity index (χ0) is 17.6. The number of hydrogen-bond acceptors (Lipinski definition) is 2. The van der Waals surface area contributed by atoms with Gasteiger partial charge in [-0.25, -0.2) is 9.18 Å². The van der Waals surface area contributed by atoms with E-state index in [9.17, 15) is 14.0 Å². The molecule has 0 aromatic heterocycles. The lowest BCUT2D eigenvalue weighted by molar-refractivity contribution is -0.122. The molecule has 0 spiro atoms. The average Bonchev–Trinajstić information content (AvgIpc) is 2.79. The van der Waals surface area contributed by atoms with Gasteiger partial charge in [-0.3, -0.25) is 4.79 Å². The number of urea groups is 1. The normalized spacial score (nSPS) is 19.2. The lowest BCUT2D eigenvalue weighted by atomic mass is 10.1. The maximum absolute atomic E-state index is 13.0. The van der Waals surface area contributed by atoms with Crippen molar-refractivity contribution in [3.8, 4) is 0 Å². The minimum Gasteiger partial charge on any atom is -0.352 e. The number of rotatable bonds is 5. The molecule has 5 nitrogen and oxygen atoms in total. The molecule has 3 amide bonds. The molecule has 2 aliphatic rings. The SMILES string of the molecule is O=C(CN1CCN(Cc2ccc(F)cc2)C1=O)NC1CCCCCC1. The summed E-state index contributed by atoms with van der Waals surface area (Å²) in [5.41, 5.74) is 0.888. The Balaban J connectivity index is 1.47. The maximum Gasteiger partial charge on any atom is 0.320 e. The van der Waals surface area contributed by atoms with Crippen molar-refractivity contribution in [3.63, 3.8) is 0 Å². The van der Waals surface area contributed by atoms with Crippen LogP contribution in [0.1, 0.15) is 44.1 Å². The molecule has 0 unspecified atom stereocenters. The Morgan fingerprint density at radius 3 is 2.36 bits per heavy atom. The molecule has 1 heterocycles. The largest absolute Gasteiger partial charge is 0.352 e. The fourth-order valence-electron chi connectivity index (χ4n) is 3.61. The Kier molecular flexibility index (Phi) is 5.89. The highest BCUT2D eigenvalue weighted by atomic mass is 19.1. The van der Waals surface area contributed by atoms with Crippen molar-refractivity contribution in [2.45, 2.75) is 51.1 Å². The number of hydrogen-bond donors (Lipinski definition) is 1. The van der Waals surface area contributed by atoms with Gasteiger partial charge in [0.25, 0.3) is 0 Å². The summed E-state index contributed by atoms with van der Waals surface area (Å²) in [5.74, 6) is -0.350. The molecule has 1 aliphatic heterocycles. The van der Waals surface area contributed by atoms with Gasteiger partial charge in [0.1, 0.15) is 12.4 Å². The highest BCUT2D eigenvalue weighted by Gasteiger charge is 2.30. The summed E-state index contributed by atoms with van der Waals surface area (Å²) < 4.78 is 13.0. The molecule has 0 radical (unpaired) electrons. The number of carbonyl (C=O) groups excluding carboxylic acids is 2. The smallest absolute Gasteiger partial charge is 0.320 e. The molecule has 1 aromatic rings. The van der Waals surface area contributed by atoms with E-state index in [1.54, 1.807) is 21.9 Å². The van der Waals surface area contributed by atoms with Gasteiger partial charge in [0.2, 0.25) is 5.91 Å². The number of amides is 3.